The molecular formula is C24H18N2O3. The van der Waals surface area contributed by atoms with Crippen LogP contribution in [0.5, 0.6) is 0 Å². The average molecular weight is 382 g/mol. The number of benzene rings is 1. The molecule has 3 aromatic heterocycles. The van der Waals surface area contributed by atoms with E-state index in [0.717, 1.165) is 46.3 Å². The molecule has 0 aliphatic heterocycles. The van der Waals surface area contributed by atoms with Crippen LogP contribution in [0.25, 0.3) is 22.6 Å². The van der Waals surface area contributed by atoms with Gasteiger partial charge in [-0.1, -0.05) is 24.3 Å². The summed E-state index contributed by atoms with van der Waals surface area (Å²) in [6, 6.07) is 17.0. The maximum Gasteiger partial charge on any atom is 0.339 e. The van der Waals surface area contributed by atoms with Crippen molar-refractivity contribution in [3.63, 3.8) is 0 Å². The van der Waals surface area contributed by atoms with Crippen LogP contribution in [0.15, 0.2) is 71.5 Å². The Morgan fingerprint density at radius 3 is 2.79 bits per heavy atom. The van der Waals surface area contributed by atoms with E-state index in [1.807, 2.05) is 60.7 Å². The number of hydrogen-bond donors (Lipinski definition) is 0. The summed E-state index contributed by atoms with van der Waals surface area (Å²) < 4.78 is 11.1. The molecule has 1 aromatic carbocycles. The van der Waals surface area contributed by atoms with E-state index in [1.165, 1.54) is 0 Å². The lowest BCUT2D eigenvalue weighted by Crippen LogP contribution is -2.11. The van der Waals surface area contributed by atoms with Crippen molar-refractivity contribution in [3.8, 4) is 0 Å². The second kappa shape index (κ2) is 7.36. The Bertz CT molecular complexity index is 1210. The van der Waals surface area contributed by atoms with E-state index in [9.17, 15) is 4.79 Å². The molecular weight excluding hydrogens is 364 g/mol. The SMILES string of the molecule is O=C(OCc1ccccn1)c1c2c(nc3ccccc13)/C(=C/c1ccco1)CC2. The average Bonchev–Trinajstić information content (AvgIpc) is 3.42. The molecule has 0 saturated carbocycles. The number of furan rings is 1. The van der Waals surface area contributed by atoms with Gasteiger partial charge in [-0.15, -0.1) is 0 Å². The van der Waals surface area contributed by atoms with Gasteiger partial charge >= 0.3 is 5.97 Å². The number of para-hydroxylation sites is 1. The molecule has 0 fully saturated rings. The van der Waals surface area contributed by atoms with Crippen LogP contribution in [-0.4, -0.2) is 15.9 Å². The lowest BCUT2D eigenvalue weighted by atomic mass is 10.0. The Hall–Kier alpha value is -3.73. The monoisotopic (exact) mass is 382 g/mol. The van der Waals surface area contributed by atoms with E-state index < -0.39 is 0 Å². The number of rotatable bonds is 4. The fraction of sp³-hybridized carbons (Fsp3) is 0.125. The van der Waals surface area contributed by atoms with Crippen molar-refractivity contribution in [2.75, 3.05) is 0 Å². The van der Waals surface area contributed by atoms with E-state index in [0.29, 0.717) is 11.3 Å². The quantitative estimate of drug-likeness (QED) is 0.461. The molecule has 4 aromatic rings. The minimum Gasteiger partial charge on any atom is -0.465 e. The van der Waals surface area contributed by atoms with Crippen LogP contribution in [0.1, 0.15) is 39.5 Å². The molecule has 0 unspecified atom stereocenters. The van der Waals surface area contributed by atoms with Gasteiger partial charge in [0.05, 0.1) is 28.7 Å². The summed E-state index contributed by atoms with van der Waals surface area (Å²) in [6.45, 7) is 0.139. The molecule has 5 heteroatoms. The van der Waals surface area contributed by atoms with Gasteiger partial charge in [0.15, 0.2) is 0 Å². The molecule has 142 valence electrons. The second-order valence-electron chi connectivity index (χ2n) is 6.91. The lowest BCUT2D eigenvalue weighted by molar-refractivity contribution is 0.0469. The Morgan fingerprint density at radius 2 is 1.97 bits per heavy atom. The van der Waals surface area contributed by atoms with Crippen molar-refractivity contribution in [2.24, 2.45) is 0 Å². The second-order valence-corrected chi connectivity index (χ2v) is 6.91. The first kappa shape index (κ1) is 17.4. The number of pyridine rings is 2. The largest absolute Gasteiger partial charge is 0.465 e. The number of esters is 1. The van der Waals surface area contributed by atoms with Gasteiger partial charge in [0.2, 0.25) is 0 Å². The van der Waals surface area contributed by atoms with Gasteiger partial charge in [-0.2, -0.15) is 0 Å². The number of carbonyl (C=O) groups excluding carboxylic acids is 1. The predicted molar refractivity (Wildman–Crippen MR) is 110 cm³/mol. The highest BCUT2D eigenvalue weighted by Crippen LogP contribution is 2.37. The molecule has 5 rings (SSSR count). The highest BCUT2D eigenvalue weighted by Gasteiger charge is 2.27. The smallest absolute Gasteiger partial charge is 0.339 e. The van der Waals surface area contributed by atoms with Crippen LogP contribution in [-0.2, 0) is 17.8 Å². The fourth-order valence-electron chi connectivity index (χ4n) is 3.75. The van der Waals surface area contributed by atoms with E-state index in [1.54, 1.807) is 12.5 Å². The zero-order valence-corrected chi connectivity index (χ0v) is 15.7. The van der Waals surface area contributed by atoms with Crippen molar-refractivity contribution in [1.82, 2.24) is 9.97 Å². The van der Waals surface area contributed by atoms with Gasteiger partial charge in [0, 0.05) is 11.6 Å². The Labute approximate surface area is 167 Å². The normalized spacial score (nSPS) is 14.3. The minimum atomic E-state index is -0.343. The van der Waals surface area contributed by atoms with Crippen molar-refractivity contribution in [1.29, 1.82) is 0 Å². The first-order valence-electron chi connectivity index (χ1n) is 9.53. The van der Waals surface area contributed by atoms with Crippen molar-refractivity contribution in [3.05, 3.63) is 95.3 Å². The fourth-order valence-corrected chi connectivity index (χ4v) is 3.75. The molecule has 0 radical (unpaired) electrons. The van der Waals surface area contributed by atoms with Crippen LogP contribution in [0, 0.1) is 0 Å². The first-order chi connectivity index (χ1) is 14.3. The van der Waals surface area contributed by atoms with Crippen LogP contribution >= 0.6 is 0 Å². The molecule has 29 heavy (non-hydrogen) atoms. The number of carbonyl (C=O) groups is 1. The molecule has 3 heterocycles. The van der Waals surface area contributed by atoms with Crippen LogP contribution < -0.4 is 0 Å². The van der Waals surface area contributed by atoms with Crippen LogP contribution in [0.3, 0.4) is 0 Å². The molecule has 0 spiro atoms. The lowest BCUT2D eigenvalue weighted by Gasteiger charge is -2.12. The summed E-state index contributed by atoms with van der Waals surface area (Å²) in [4.78, 5) is 22.2. The highest BCUT2D eigenvalue weighted by molar-refractivity contribution is 6.07. The number of allylic oxidation sites excluding steroid dienone is 1. The Balaban J connectivity index is 1.57. The molecule has 1 aliphatic rings. The number of ether oxygens (including phenoxy) is 1. The summed E-state index contributed by atoms with van der Waals surface area (Å²) in [5, 5.41) is 0.816. The molecule has 5 nitrogen and oxygen atoms in total. The summed E-state index contributed by atoms with van der Waals surface area (Å²) >= 11 is 0. The summed E-state index contributed by atoms with van der Waals surface area (Å²) in [7, 11) is 0. The summed E-state index contributed by atoms with van der Waals surface area (Å²) in [5.41, 5.74) is 4.96. The third-order valence-corrected chi connectivity index (χ3v) is 5.08. The van der Waals surface area contributed by atoms with Crippen molar-refractivity contribution >= 4 is 28.5 Å². The number of aromatic nitrogens is 2. The van der Waals surface area contributed by atoms with Crippen LogP contribution in [0.4, 0.5) is 0 Å². The maximum atomic E-state index is 13.1. The summed E-state index contributed by atoms with van der Waals surface area (Å²) in [6.07, 6.45) is 6.88. The first-order valence-corrected chi connectivity index (χ1v) is 9.53. The topological polar surface area (TPSA) is 65.2 Å². The standard InChI is InChI=1S/C24H18N2O3/c27-24(29-15-17-6-3-4-12-25-17)22-19-8-1-2-9-21(19)26-23-16(10-11-20(22)23)14-18-7-5-13-28-18/h1-9,12-14H,10-11,15H2/b16-14+. The number of fused-ring (bicyclic) bond motifs is 2. The molecule has 0 atom stereocenters. The molecule has 0 amide bonds. The third-order valence-electron chi connectivity index (χ3n) is 5.08. The van der Waals surface area contributed by atoms with Gasteiger partial charge in [-0.3, -0.25) is 4.98 Å². The van der Waals surface area contributed by atoms with Gasteiger partial charge < -0.3 is 9.15 Å². The highest BCUT2D eigenvalue weighted by atomic mass is 16.5. The molecule has 0 bridgehead atoms. The molecule has 0 N–H and O–H groups in total. The number of hydrogen-bond acceptors (Lipinski definition) is 5. The van der Waals surface area contributed by atoms with E-state index in [-0.39, 0.29) is 12.6 Å². The molecule has 1 aliphatic carbocycles. The van der Waals surface area contributed by atoms with Gasteiger partial charge in [0.1, 0.15) is 12.4 Å². The van der Waals surface area contributed by atoms with Crippen LogP contribution in [0.2, 0.25) is 0 Å². The third kappa shape index (κ3) is 3.31. The Kier molecular flexibility index (Phi) is 4.41. The zero-order valence-electron chi connectivity index (χ0n) is 15.7. The zero-order chi connectivity index (χ0) is 19.6. The Morgan fingerprint density at radius 1 is 1.07 bits per heavy atom. The van der Waals surface area contributed by atoms with Gasteiger partial charge in [-0.25, -0.2) is 9.78 Å². The molecule has 0 saturated heterocycles. The summed E-state index contributed by atoms with van der Waals surface area (Å²) in [5.74, 6) is 0.437. The van der Waals surface area contributed by atoms with E-state index >= 15 is 0 Å². The predicted octanol–water partition coefficient (Wildman–Crippen LogP) is 5.07. The van der Waals surface area contributed by atoms with E-state index in [2.05, 4.69) is 4.98 Å². The van der Waals surface area contributed by atoms with Crippen molar-refractivity contribution in [2.45, 2.75) is 19.4 Å². The van der Waals surface area contributed by atoms with Crippen molar-refractivity contribution < 1.29 is 13.9 Å². The number of nitrogens with zero attached hydrogens (tertiary/aromatic N) is 2. The van der Waals surface area contributed by atoms with Gasteiger partial charge in [0.25, 0.3) is 0 Å². The van der Waals surface area contributed by atoms with E-state index in [4.69, 9.17) is 14.1 Å². The maximum absolute atomic E-state index is 13.1. The van der Waals surface area contributed by atoms with Gasteiger partial charge in [-0.05, 0) is 60.4 Å². The minimum absolute atomic E-state index is 0.139.